The zero-order chi connectivity index (χ0) is 15.7. The number of amides is 2. The van der Waals surface area contributed by atoms with Crippen molar-refractivity contribution in [1.29, 1.82) is 0 Å². The number of carbonyl (C=O) groups excluding carboxylic acids is 2. The summed E-state index contributed by atoms with van der Waals surface area (Å²) in [5, 5.41) is 11.2. The van der Waals surface area contributed by atoms with E-state index < -0.39 is 5.97 Å². The summed E-state index contributed by atoms with van der Waals surface area (Å²) in [4.78, 5) is 35.5. The third-order valence-corrected chi connectivity index (χ3v) is 2.90. The lowest BCUT2D eigenvalue weighted by atomic mass is 10.1. The molecule has 0 saturated heterocycles. The van der Waals surface area contributed by atoms with Gasteiger partial charge in [-0.05, 0) is 26.2 Å². The molecule has 116 valence electrons. The predicted octanol–water partition coefficient (Wildman–Crippen LogP) is 1.25. The van der Waals surface area contributed by atoms with Gasteiger partial charge in [0.05, 0.1) is 13.0 Å². The molecule has 0 radical (unpaired) electrons. The Balaban J connectivity index is 4.19. The van der Waals surface area contributed by atoms with Crippen molar-refractivity contribution in [3.63, 3.8) is 0 Å². The number of carbonyl (C=O) groups is 3. The average Bonchev–Trinajstić information content (AvgIpc) is 2.33. The average molecular weight is 286 g/mol. The van der Waals surface area contributed by atoms with E-state index >= 15 is 0 Å². The van der Waals surface area contributed by atoms with Gasteiger partial charge in [0.2, 0.25) is 11.8 Å². The normalized spacial score (nSPS) is 10.7. The zero-order valence-electron chi connectivity index (χ0n) is 12.8. The van der Waals surface area contributed by atoms with E-state index in [1.807, 2.05) is 27.7 Å². The Morgan fingerprint density at radius 1 is 1.10 bits per heavy atom. The van der Waals surface area contributed by atoms with Crippen LogP contribution in [0.1, 0.15) is 47.0 Å². The van der Waals surface area contributed by atoms with Crippen LogP contribution in [-0.2, 0) is 14.4 Å². The minimum Gasteiger partial charge on any atom is -0.481 e. The van der Waals surface area contributed by atoms with Crippen LogP contribution in [0.3, 0.4) is 0 Å². The number of hydrogen-bond acceptors (Lipinski definition) is 3. The minimum absolute atomic E-state index is 0.0747. The molecule has 0 aromatic rings. The van der Waals surface area contributed by atoms with Crippen LogP contribution >= 0.6 is 0 Å². The fraction of sp³-hybridized carbons (Fsp3) is 0.786. The van der Waals surface area contributed by atoms with Crippen LogP contribution in [0.2, 0.25) is 0 Å². The van der Waals surface area contributed by atoms with Gasteiger partial charge in [-0.1, -0.05) is 13.8 Å². The van der Waals surface area contributed by atoms with Gasteiger partial charge in [0.1, 0.15) is 0 Å². The molecule has 6 nitrogen and oxygen atoms in total. The fourth-order valence-corrected chi connectivity index (χ4v) is 1.67. The van der Waals surface area contributed by atoms with Gasteiger partial charge in [-0.15, -0.1) is 0 Å². The molecule has 2 amide bonds. The predicted molar refractivity (Wildman–Crippen MR) is 76.2 cm³/mol. The van der Waals surface area contributed by atoms with Crippen LogP contribution in [0.4, 0.5) is 0 Å². The van der Waals surface area contributed by atoms with Gasteiger partial charge in [-0.2, -0.15) is 0 Å². The maximum absolute atomic E-state index is 12.0. The summed E-state index contributed by atoms with van der Waals surface area (Å²) >= 11 is 0. The highest BCUT2D eigenvalue weighted by Gasteiger charge is 2.18. The number of rotatable bonds is 9. The van der Waals surface area contributed by atoms with E-state index in [-0.39, 0.29) is 37.4 Å². The number of nitrogens with zero attached hydrogens (tertiary/aromatic N) is 1. The monoisotopic (exact) mass is 286 g/mol. The Morgan fingerprint density at radius 2 is 1.70 bits per heavy atom. The smallest absolute Gasteiger partial charge is 0.305 e. The van der Waals surface area contributed by atoms with Gasteiger partial charge in [0.25, 0.3) is 0 Å². The van der Waals surface area contributed by atoms with Gasteiger partial charge >= 0.3 is 5.97 Å². The lowest BCUT2D eigenvalue weighted by Crippen LogP contribution is -2.44. The summed E-state index contributed by atoms with van der Waals surface area (Å²) < 4.78 is 0. The van der Waals surface area contributed by atoms with Gasteiger partial charge in [0.15, 0.2) is 0 Å². The summed E-state index contributed by atoms with van der Waals surface area (Å²) in [7, 11) is 0. The first-order chi connectivity index (χ1) is 9.23. The Bertz CT molecular complexity index is 340. The fourth-order valence-electron chi connectivity index (χ4n) is 1.67. The van der Waals surface area contributed by atoms with E-state index in [4.69, 9.17) is 5.11 Å². The first kappa shape index (κ1) is 18.4. The standard InChI is InChI=1S/C14H26N2O4/c1-10(2)5-6-12(17)15-9-13(18)16(11(3)4)8-7-14(19)20/h10-11H,5-9H2,1-4H3,(H,15,17)(H,19,20). The molecule has 0 bridgehead atoms. The molecule has 20 heavy (non-hydrogen) atoms. The molecule has 2 N–H and O–H groups in total. The topological polar surface area (TPSA) is 86.7 Å². The molecule has 0 aliphatic heterocycles. The largest absolute Gasteiger partial charge is 0.481 e. The number of carboxylic acid groups (broad SMARTS) is 1. The number of nitrogens with one attached hydrogen (secondary N) is 1. The quantitative estimate of drug-likeness (QED) is 0.668. The van der Waals surface area contributed by atoms with Crippen molar-refractivity contribution in [1.82, 2.24) is 10.2 Å². The minimum atomic E-state index is -0.940. The van der Waals surface area contributed by atoms with Gasteiger partial charge in [-0.25, -0.2) is 0 Å². The van der Waals surface area contributed by atoms with Crippen molar-refractivity contribution in [2.24, 2.45) is 5.92 Å². The lowest BCUT2D eigenvalue weighted by molar-refractivity contribution is -0.139. The van der Waals surface area contributed by atoms with Crippen molar-refractivity contribution in [2.75, 3.05) is 13.1 Å². The van der Waals surface area contributed by atoms with Crippen molar-refractivity contribution in [3.05, 3.63) is 0 Å². The Labute approximate surface area is 120 Å². The van der Waals surface area contributed by atoms with Crippen LogP contribution in [0.25, 0.3) is 0 Å². The zero-order valence-corrected chi connectivity index (χ0v) is 12.8. The summed E-state index contributed by atoms with van der Waals surface area (Å²) in [6.45, 7) is 7.79. The van der Waals surface area contributed by atoms with Gasteiger partial charge < -0.3 is 15.3 Å². The summed E-state index contributed by atoms with van der Waals surface area (Å²) in [6.07, 6.45) is 1.10. The molecule has 0 fully saturated rings. The van der Waals surface area contributed by atoms with Crippen molar-refractivity contribution in [3.8, 4) is 0 Å². The molecule has 0 heterocycles. The molecule has 0 aliphatic rings. The molecule has 0 aromatic heterocycles. The van der Waals surface area contributed by atoms with Gasteiger partial charge in [0, 0.05) is 19.0 Å². The SMILES string of the molecule is CC(C)CCC(=O)NCC(=O)N(CCC(=O)O)C(C)C. The maximum atomic E-state index is 12.0. The van der Waals surface area contributed by atoms with Crippen molar-refractivity contribution < 1.29 is 19.5 Å². The second kappa shape index (κ2) is 9.34. The van der Waals surface area contributed by atoms with E-state index in [9.17, 15) is 14.4 Å². The number of hydrogen-bond donors (Lipinski definition) is 2. The lowest BCUT2D eigenvalue weighted by Gasteiger charge is -2.26. The van der Waals surface area contributed by atoms with Crippen LogP contribution in [0, 0.1) is 5.92 Å². The van der Waals surface area contributed by atoms with Crippen molar-refractivity contribution >= 4 is 17.8 Å². The third-order valence-electron chi connectivity index (χ3n) is 2.90. The summed E-state index contributed by atoms with van der Waals surface area (Å²) in [6, 6.07) is -0.0885. The highest BCUT2D eigenvalue weighted by molar-refractivity contribution is 5.85. The summed E-state index contributed by atoms with van der Waals surface area (Å²) in [5.41, 5.74) is 0. The molecule has 0 unspecified atom stereocenters. The molecule has 0 rings (SSSR count). The molecule has 0 spiro atoms. The molecule has 6 heteroatoms. The van der Waals surface area contributed by atoms with Crippen LogP contribution in [-0.4, -0.2) is 46.9 Å². The first-order valence-corrected chi connectivity index (χ1v) is 7.02. The van der Waals surface area contributed by atoms with E-state index in [0.29, 0.717) is 12.3 Å². The van der Waals surface area contributed by atoms with Crippen LogP contribution in [0.15, 0.2) is 0 Å². The van der Waals surface area contributed by atoms with Crippen LogP contribution in [0.5, 0.6) is 0 Å². The van der Waals surface area contributed by atoms with E-state index in [1.165, 1.54) is 4.90 Å². The van der Waals surface area contributed by atoms with Crippen LogP contribution < -0.4 is 5.32 Å². The highest BCUT2D eigenvalue weighted by Crippen LogP contribution is 2.03. The number of aliphatic carboxylic acids is 1. The number of carboxylic acids is 1. The first-order valence-electron chi connectivity index (χ1n) is 7.02. The third kappa shape index (κ3) is 8.50. The maximum Gasteiger partial charge on any atom is 0.305 e. The highest BCUT2D eigenvalue weighted by atomic mass is 16.4. The second-order valence-corrected chi connectivity index (χ2v) is 5.53. The Morgan fingerprint density at radius 3 is 2.15 bits per heavy atom. The van der Waals surface area contributed by atoms with E-state index in [2.05, 4.69) is 5.32 Å². The molecule has 0 aromatic carbocycles. The van der Waals surface area contributed by atoms with E-state index in [0.717, 1.165) is 6.42 Å². The summed E-state index contributed by atoms with van der Waals surface area (Å²) in [5.74, 6) is -0.892. The molecule has 0 saturated carbocycles. The molecular weight excluding hydrogens is 260 g/mol. The Kier molecular flexibility index (Phi) is 8.59. The molecule has 0 atom stereocenters. The second-order valence-electron chi connectivity index (χ2n) is 5.53. The van der Waals surface area contributed by atoms with Crippen molar-refractivity contribution in [2.45, 2.75) is 53.0 Å². The molecular formula is C14H26N2O4. The van der Waals surface area contributed by atoms with Gasteiger partial charge in [-0.3, -0.25) is 14.4 Å². The molecule has 0 aliphatic carbocycles. The Hall–Kier alpha value is -1.59. The van der Waals surface area contributed by atoms with E-state index in [1.54, 1.807) is 0 Å².